The van der Waals surface area contributed by atoms with Gasteiger partial charge in [-0.2, -0.15) is 0 Å². The molecule has 0 radical (unpaired) electrons. The molecular weight excluding hydrogens is 562 g/mol. The van der Waals surface area contributed by atoms with Crippen molar-refractivity contribution in [3.05, 3.63) is 39.4 Å². The number of amides is 5. The number of nitrogens with zero attached hydrogens (tertiary/aromatic N) is 3. The number of fused-ring (bicyclic) bond motifs is 1. The number of carbonyl (C=O) groups is 5. The molecule has 1 aromatic carbocycles. The highest BCUT2D eigenvalue weighted by molar-refractivity contribution is 7.19. The molecule has 1 unspecified atom stereocenters. The van der Waals surface area contributed by atoms with Crippen LogP contribution in [-0.4, -0.2) is 94.0 Å². The number of thiazole rings is 1. The third kappa shape index (κ3) is 5.74. The molecule has 18 heteroatoms. The van der Waals surface area contributed by atoms with Gasteiger partial charge in [0.25, 0.3) is 0 Å². The lowest BCUT2D eigenvalue weighted by molar-refractivity contribution is -0.153. The summed E-state index contributed by atoms with van der Waals surface area (Å²) in [4.78, 5) is 68.0. The van der Waals surface area contributed by atoms with Crippen LogP contribution in [0.3, 0.4) is 0 Å². The second-order valence-electron chi connectivity index (χ2n) is 8.46. The Labute approximate surface area is 229 Å². The smallest absolute Gasteiger partial charge is 0.534 e. The maximum absolute atomic E-state index is 13.4. The van der Waals surface area contributed by atoms with E-state index in [1.807, 2.05) is 0 Å². The number of para-hydroxylation sites is 1. The zero-order valence-electron chi connectivity index (χ0n) is 19.9. The van der Waals surface area contributed by atoms with E-state index in [1.165, 1.54) is 12.1 Å². The average molecular weight is 583 g/mol. The normalized spacial score (nSPS) is 17.8. The number of urea groups is 1. The van der Waals surface area contributed by atoms with Crippen LogP contribution in [0.1, 0.15) is 27.7 Å². The highest BCUT2D eigenvalue weighted by Gasteiger charge is 2.42. The first kappa shape index (κ1) is 28.1. The minimum atomic E-state index is -1.66. The first-order chi connectivity index (χ1) is 18.5. The summed E-state index contributed by atoms with van der Waals surface area (Å²) in [6.07, 6.45) is -0.0273. The molecular formula is C21H21BClFN6O8S. The minimum absolute atomic E-state index is 0.0238. The van der Waals surface area contributed by atoms with E-state index in [9.17, 15) is 38.5 Å². The molecule has 2 atom stereocenters. The van der Waals surface area contributed by atoms with Crippen LogP contribution in [0.25, 0.3) is 0 Å². The van der Waals surface area contributed by atoms with Crippen molar-refractivity contribution in [3.63, 3.8) is 0 Å². The molecule has 14 nitrogen and oxygen atoms in total. The molecule has 206 valence electrons. The molecule has 0 saturated carbocycles. The predicted octanol–water partition coefficient (Wildman–Crippen LogP) is -0.392. The lowest BCUT2D eigenvalue weighted by Gasteiger charge is -2.33. The second kappa shape index (κ2) is 11.4. The number of anilines is 1. The van der Waals surface area contributed by atoms with Gasteiger partial charge in [0.2, 0.25) is 5.91 Å². The monoisotopic (exact) mass is 582 g/mol. The lowest BCUT2D eigenvalue weighted by Crippen LogP contribution is -2.60. The van der Waals surface area contributed by atoms with Gasteiger partial charge in [-0.25, -0.2) is 19.0 Å². The van der Waals surface area contributed by atoms with Gasteiger partial charge in [-0.05, 0) is 18.1 Å². The van der Waals surface area contributed by atoms with Crippen LogP contribution in [0.15, 0.2) is 18.2 Å². The van der Waals surface area contributed by atoms with Crippen molar-refractivity contribution in [2.75, 3.05) is 32.0 Å². The number of aromatic carboxylic acids is 1. The minimum Gasteiger partial charge on any atom is -0.534 e. The van der Waals surface area contributed by atoms with E-state index < -0.39 is 55.5 Å². The van der Waals surface area contributed by atoms with E-state index >= 15 is 0 Å². The van der Waals surface area contributed by atoms with Gasteiger partial charge in [-0.15, -0.1) is 0 Å². The van der Waals surface area contributed by atoms with Gasteiger partial charge in [0, 0.05) is 19.6 Å². The first-order valence-corrected chi connectivity index (χ1v) is 12.6. The fraction of sp³-hybridized carbons (Fsp3) is 0.333. The predicted molar refractivity (Wildman–Crippen MR) is 135 cm³/mol. The number of benzene rings is 1. The van der Waals surface area contributed by atoms with Crippen LogP contribution in [0.4, 0.5) is 14.3 Å². The highest BCUT2D eigenvalue weighted by Crippen LogP contribution is 2.32. The van der Waals surface area contributed by atoms with Gasteiger partial charge in [-0.3, -0.25) is 19.3 Å². The molecule has 5 amide bonds. The number of halogens is 2. The molecule has 4 rings (SSSR count). The zero-order valence-corrected chi connectivity index (χ0v) is 21.5. The topological polar surface area (TPSA) is 204 Å². The molecule has 3 heterocycles. The van der Waals surface area contributed by atoms with E-state index in [4.69, 9.17) is 22.0 Å². The van der Waals surface area contributed by atoms with Crippen molar-refractivity contribution in [1.82, 2.24) is 25.4 Å². The van der Waals surface area contributed by atoms with Gasteiger partial charge >= 0.3 is 30.9 Å². The molecule has 1 aromatic heterocycles. The number of rotatable bonds is 7. The van der Waals surface area contributed by atoms with Gasteiger partial charge in [0.1, 0.15) is 22.5 Å². The zero-order chi connectivity index (χ0) is 28.4. The number of carbonyl (C=O) groups excluding carboxylic acids is 4. The maximum atomic E-state index is 13.4. The summed E-state index contributed by atoms with van der Waals surface area (Å²) in [6, 6.07) is 1.61. The number of carboxylic acids is 1. The number of piperazine rings is 1. The number of carboxylic acid groups (broad SMARTS) is 1. The number of aromatic nitrogens is 1. The van der Waals surface area contributed by atoms with Crippen molar-refractivity contribution < 1.29 is 43.1 Å². The van der Waals surface area contributed by atoms with Crippen molar-refractivity contribution in [3.8, 4) is 5.75 Å². The molecule has 39 heavy (non-hydrogen) atoms. The largest absolute Gasteiger partial charge is 0.547 e. The van der Waals surface area contributed by atoms with Crippen LogP contribution in [-0.2, 0) is 20.8 Å². The third-order valence-corrected chi connectivity index (χ3v) is 7.13. The van der Waals surface area contributed by atoms with Crippen LogP contribution >= 0.6 is 22.9 Å². The standard InChI is InChI=1S/C21H21BClFN6O8S/c23-15-12(27-20(25)39-15)13(28-21(36)30-7-6-29(5-4-24)17(32)18(30)33)16(31)26-11-8-9-2-1-3-10(19(34)35)14(9)38-22(11)37/h1-3,11,13,37H,4-8H2,(H2,25,27)(H,26,31)(H,28,36)(H,34,35)/t11-,13?/m0/s1. The van der Waals surface area contributed by atoms with E-state index in [2.05, 4.69) is 15.6 Å². The SMILES string of the molecule is Nc1nc(C(NC(=O)N2CCN(CCF)C(=O)C2=O)C(=O)N[C@H]2Cc3cccc(C(=O)O)c3OB2O)c(Cl)s1. The van der Waals surface area contributed by atoms with Gasteiger partial charge < -0.3 is 36.1 Å². The summed E-state index contributed by atoms with van der Waals surface area (Å²) in [6.45, 7) is -1.53. The molecule has 6 N–H and O–H groups in total. The molecule has 1 saturated heterocycles. The summed E-state index contributed by atoms with van der Waals surface area (Å²) in [5.41, 5.74) is 5.78. The molecule has 2 aliphatic rings. The van der Waals surface area contributed by atoms with Gasteiger partial charge in [0.05, 0.1) is 11.5 Å². The number of hydrogen-bond donors (Lipinski definition) is 5. The summed E-state index contributed by atoms with van der Waals surface area (Å²) in [5, 5.41) is 24.7. The number of nitrogens with one attached hydrogen (secondary N) is 2. The Hall–Kier alpha value is -3.96. The van der Waals surface area contributed by atoms with Crippen LogP contribution in [0, 0.1) is 0 Å². The number of alkyl halides is 1. The Morgan fingerprint density at radius 1 is 1.31 bits per heavy atom. The Kier molecular flexibility index (Phi) is 8.22. The molecule has 0 spiro atoms. The van der Waals surface area contributed by atoms with E-state index in [0.29, 0.717) is 10.5 Å². The van der Waals surface area contributed by atoms with Gasteiger partial charge in [-0.1, -0.05) is 35.1 Å². The number of imide groups is 1. The Morgan fingerprint density at radius 3 is 2.69 bits per heavy atom. The lowest BCUT2D eigenvalue weighted by atomic mass is 9.72. The molecule has 2 aliphatic heterocycles. The quantitative estimate of drug-likeness (QED) is 0.211. The Morgan fingerprint density at radius 2 is 2.05 bits per heavy atom. The highest BCUT2D eigenvalue weighted by atomic mass is 35.5. The van der Waals surface area contributed by atoms with Crippen molar-refractivity contribution >= 4 is 64.9 Å². The van der Waals surface area contributed by atoms with Crippen molar-refractivity contribution in [1.29, 1.82) is 0 Å². The van der Waals surface area contributed by atoms with Crippen LogP contribution in [0.5, 0.6) is 5.75 Å². The van der Waals surface area contributed by atoms with E-state index in [0.717, 1.165) is 16.2 Å². The van der Waals surface area contributed by atoms with E-state index in [1.54, 1.807) is 6.07 Å². The van der Waals surface area contributed by atoms with Gasteiger partial charge in [0.15, 0.2) is 11.2 Å². The summed E-state index contributed by atoms with van der Waals surface area (Å²) in [7, 11) is -1.66. The van der Waals surface area contributed by atoms with Crippen molar-refractivity contribution in [2.45, 2.75) is 18.4 Å². The maximum Gasteiger partial charge on any atom is 0.547 e. The number of nitrogens with two attached hydrogens (primary N) is 1. The summed E-state index contributed by atoms with van der Waals surface area (Å²) < 4.78 is 18.0. The van der Waals surface area contributed by atoms with Crippen molar-refractivity contribution in [2.24, 2.45) is 0 Å². The summed E-state index contributed by atoms with van der Waals surface area (Å²) in [5.74, 6) is -5.60. The molecule has 0 aliphatic carbocycles. The van der Waals surface area contributed by atoms with Crippen LogP contribution < -0.4 is 21.0 Å². The fourth-order valence-corrected chi connectivity index (χ4v) is 5.12. The third-order valence-electron chi connectivity index (χ3n) is 6.02. The number of nitrogen functional groups attached to an aromatic ring is 1. The first-order valence-electron chi connectivity index (χ1n) is 11.4. The molecule has 1 fully saturated rings. The molecule has 0 bridgehead atoms. The Balaban J connectivity index is 1.54. The fourth-order valence-electron chi connectivity index (χ4n) is 4.13. The van der Waals surface area contributed by atoms with Crippen LogP contribution in [0.2, 0.25) is 4.34 Å². The summed E-state index contributed by atoms with van der Waals surface area (Å²) >= 11 is 7.00. The Bertz CT molecular complexity index is 1350. The van der Waals surface area contributed by atoms with E-state index in [-0.39, 0.29) is 52.5 Å². The average Bonchev–Trinajstić information content (AvgIpc) is 3.22. The molecule has 2 aromatic rings. The second-order valence-corrected chi connectivity index (χ2v) is 10.1. The number of hydrogen-bond acceptors (Lipinski definition) is 10.